The van der Waals surface area contributed by atoms with Crippen molar-refractivity contribution in [3.8, 4) is 0 Å². The first kappa shape index (κ1) is 17.5. The number of nitrogens with one attached hydrogen (secondary N) is 1. The van der Waals surface area contributed by atoms with Crippen LogP contribution in [0.3, 0.4) is 0 Å². The molecule has 21 heavy (non-hydrogen) atoms. The van der Waals surface area contributed by atoms with Gasteiger partial charge in [0.2, 0.25) is 0 Å². The van der Waals surface area contributed by atoms with Gasteiger partial charge in [0.25, 0.3) is 10.2 Å². The van der Waals surface area contributed by atoms with Crippen LogP contribution in [0.25, 0.3) is 0 Å². The van der Waals surface area contributed by atoms with Gasteiger partial charge in [-0.1, -0.05) is 12.1 Å². The van der Waals surface area contributed by atoms with E-state index in [1.807, 2.05) is 0 Å². The number of halogens is 1. The van der Waals surface area contributed by atoms with E-state index in [0.29, 0.717) is 11.1 Å². The van der Waals surface area contributed by atoms with E-state index in [1.54, 1.807) is 26.0 Å². The highest BCUT2D eigenvalue weighted by atomic mass is 32.2. The minimum Gasteiger partial charge on any atom is -0.481 e. The van der Waals surface area contributed by atoms with Gasteiger partial charge >= 0.3 is 5.97 Å². The number of aliphatic carboxylic acids is 1. The van der Waals surface area contributed by atoms with Crippen molar-refractivity contribution < 1.29 is 22.7 Å². The number of aryl methyl sites for hydroxylation is 1. The van der Waals surface area contributed by atoms with Crippen molar-refractivity contribution in [3.63, 3.8) is 0 Å². The Morgan fingerprint density at radius 3 is 2.62 bits per heavy atom. The lowest BCUT2D eigenvalue weighted by Crippen LogP contribution is -2.40. The molecule has 0 aromatic heterocycles. The largest absolute Gasteiger partial charge is 0.481 e. The van der Waals surface area contributed by atoms with Crippen LogP contribution in [0.4, 0.5) is 4.39 Å². The van der Waals surface area contributed by atoms with Gasteiger partial charge < -0.3 is 5.11 Å². The fraction of sp³-hybridized carbons (Fsp3) is 0.462. The maximum absolute atomic E-state index is 13.5. The Morgan fingerprint density at radius 1 is 1.48 bits per heavy atom. The summed E-state index contributed by atoms with van der Waals surface area (Å²) in [6.45, 7) is 3.07. The zero-order valence-corrected chi connectivity index (χ0v) is 12.9. The molecule has 0 saturated carbocycles. The third kappa shape index (κ3) is 5.07. The summed E-state index contributed by atoms with van der Waals surface area (Å²) < 4.78 is 40.8. The predicted octanol–water partition coefficient (Wildman–Crippen LogP) is 1.44. The first-order valence-electron chi connectivity index (χ1n) is 6.35. The zero-order valence-electron chi connectivity index (χ0n) is 12.1. The van der Waals surface area contributed by atoms with Crippen LogP contribution in [0.1, 0.15) is 30.5 Å². The summed E-state index contributed by atoms with van der Waals surface area (Å²) in [4.78, 5) is 10.5. The molecule has 8 heteroatoms. The molecule has 2 N–H and O–H groups in total. The lowest BCUT2D eigenvalue weighted by molar-refractivity contribution is -0.137. The Kier molecular flexibility index (Phi) is 5.82. The van der Waals surface area contributed by atoms with Crippen LogP contribution < -0.4 is 4.72 Å². The van der Waals surface area contributed by atoms with Crippen LogP contribution in [0.2, 0.25) is 0 Å². The van der Waals surface area contributed by atoms with Gasteiger partial charge in [-0.3, -0.25) is 4.79 Å². The van der Waals surface area contributed by atoms with Crippen molar-refractivity contribution in [2.75, 3.05) is 13.6 Å². The van der Waals surface area contributed by atoms with E-state index in [9.17, 15) is 17.6 Å². The van der Waals surface area contributed by atoms with E-state index in [-0.39, 0.29) is 13.0 Å². The van der Waals surface area contributed by atoms with E-state index < -0.39 is 28.0 Å². The molecule has 1 aromatic rings. The topological polar surface area (TPSA) is 86.7 Å². The van der Waals surface area contributed by atoms with E-state index >= 15 is 0 Å². The Labute approximate surface area is 123 Å². The van der Waals surface area contributed by atoms with Gasteiger partial charge in [0.15, 0.2) is 0 Å². The van der Waals surface area contributed by atoms with E-state index in [1.165, 1.54) is 13.1 Å². The predicted molar refractivity (Wildman–Crippen MR) is 76.5 cm³/mol. The average molecular weight is 318 g/mol. The molecule has 6 nitrogen and oxygen atoms in total. The number of carboxylic acids is 1. The summed E-state index contributed by atoms with van der Waals surface area (Å²) in [6, 6.07) is 3.86. The quantitative estimate of drug-likeness (QED) is 0.796. The maximum atomic E-state index is 13.5. The van der Waals surface area contributed by atoms with Crippen LogP contribution in [0.15, 0.2) is 18.2 Å². The number of hydrogen-bond acceptors (Lipinski definition) is 3. The van der Waals surface area contributed by atoms with E-state index in [4.69, 9.17) is 5.11 Å². The van der Waals surface area contributed by atoms with Crippen molar-refractivity contribution in [3.05, 3.63) is 35.1 Å². The summed E-state index contributed by atoms with van der Waals surface area (Å²) in [5.41, 5.74) is 0.973. The lowest BCUT2D eigenvalue weighted by Gasteiger charge is -2.21. The Morgan fingerprint density at radius 2 is 2.10 bits per heavy atom. The molecule has 0 saturated heterocycles. The van der Waals surface area contributed by atoms with Gasteiger partial charge in [0.05, 0.1) is 6.42 Å². The molecule has 1 aromatic carbocycles. The number of nitrogens with zero attached hydrogens (tertiary/aromatic N) is 1. The first-order chi connectivity index (χ1) is 9.63. The molecule has 0 fully saturated rings. The maximum Gasteiger partial charge on any atom is 0.304 e. The van der Waals surface area contributed by atoms with Crippen LogP contribution >= 0.6 is 0 Å². The fourth-order valence-corrected chi connectivity index (χ4v) is 2.73. The van der Waals surface area contributed by atoms with Crippen LogP contribution in [-0.2, 0) is 15.0 Å². The molecule has 0 bridgehead atoms. The summed E-state index contributed by atoms with van der Waals surface area (Å²) in [6.07, 6.45) is -0.287. The third-order valence-corrected chi connectivity index (χ3v) is 4.73. The van der Waals surface area contributed by atoms with Gasteiger partial charge in [-0.05, 0) is 31.0 Å². The highest BCUT2D eigenvalue weighted by Gasteiger charge is 2.21. The van der Waals surface area contributed by atoms with Crippen molar-refractivity contribution in [1.82, 2.24) is 9.03 Å². The normalized spacial score (nSPS) is 13.4. The third-order valence-electron chi connectivity index (χ3n) is 3.07. The molecule has 0 amide bonds. The summed E-state index contributed by atoms with van der Waals surface area (Å²) in [5.74, 6) is -1.48. The summed E-state index contributed by atoms with van der Waals surface area (Å²) in [7, 11) is -2.54. The van der Waals surface area contributed by atoms with E-state index in [0.717, 1.165) is 4.31 Å². The van der Waals surface area contributed by atoms with Gasteiger partial charge in [-0.15, -0.1) is 0 Å². The van der Waals surface area contributed by atoms with Crippen molar-refractivity contribution in [2.24, 2.45) is 0 Å². The second-order valence-electron chi connectivity index (χ2n) is 4.82. The average Bonchev–Trinajstić information content (AvgIpc) is 2.38. The second-order valence-corrected chi connectivity index (χ2v) is 6.63. The fourth-order valence-electron chi connectivity index (χ4n) is 1.63. The summed E-state index contributed by atoms with van der Waals surface area (Å²) >= 11 is 0. The van der Waals surface area contributed by atoms with Crippen LogP contribution in [-0.4, -0.2) is 37.4 Å². The smallest absolute Gasteiger partial charge is 0.304 e. The van der Waals surface area contributed by atoms with Crippen LogP contribution in [0, 0.1) is 12.7 Å². The van der Waals surface area contributed by atoms with E-state index in [2.05, 4.69) is 4.72 Å². The van der Waals surface area contributed by atoms with Crippen molar-refractivity contribution >= 4 is 16.2 Å². The molecular weight excluding hydrogens is 299 g/mol. The highest BCUT2D eigenvalue weighted by Crippen LogP contribution is 2.17. The molecule has 0 radical (unpaired) electrons. The molecule has 0 spiro atoms. The monoisotopic (exact) mass is 318 g/mol. The minimum absolute atomic E-state index is 0.139. The second kappa shape index (κ2) is 6.97. The number of benzene rings is 1. The molecule has 1 unspecified atom stereocenters. The highest BCUT2D eigenvalue weighted by molar-refractivity contribution is 7.87. The molecule has 1 rings (SSSR count). The van der Waals surface area contributed by atoms with Gasteiger partial charge in [0, 0.05) is 19.6 Å². The Bertz CT molecular complexity index is 619. The van der Waals surface area contributed by atoms with Gasteiger partial charge in [-0.2, -0.15) is 17.4 Å². The van der Waals surface area contributed by atoms with Gasteiger partial charge in [0.1, 0.15) is 5.82 Å². The minimum atomic E-state index is -3.83. The van der Waals surface area contributed by atoms with Crippen LogP contribution in [0.5, 0.6) is 0 Å². The molecular formula is C13H19FN2O4S. The van der Waals surface area contributed by atoms with Crippen molar-refractivity contribution in [2.45, 2.75) is 26.3 Å². The molecule has 0 aliphatic heterocycles. The zero-order chi connectivity index (χ0) is 16.2. The molecule has 1 atom stereocenters. The molecule has 0 heterocycles. The molecule has 0 aliphatic rings. The number of carbonyl (C=O) groups is 1. The van der Waals surface area contributed by atoms with Crippen molar-refractivity contribution in [1.29, 1.82) is 0 Å². The lowest BCUT2D eigenvalue weighted by atomic mass is 10.1. The number of rotatable bonds is 7. The number of carboxylic acid groups (broad SMARTS) is 1. The SMILES string of the molecule is Cc1ccc(C(C)NS(=O)(=O)N(C)CCC(=O)O)cc1F. The summed E-state index contributed by atoms with van der Waals surface area (Å²) in [5, 5.41) is 8.56. The Hall–Kier alpha value is -1.51. The molecule has 0 aliphatic carbocycles. The number of hydrogen-bond donors (Lipinski definition) is 2. The Balaban J connectivity index is 2.77. The first-order valence-corrected chi connectivity index (χ1v) is 7.79. The standard InChI is InChI=1S/C13H19FN2O4S/c1-9-4-5-11(8-12(9)14)10(2)15-21(19,20)16(3)7-6-13(17)18/h4-5,8,10,15H,6-7H2,1-3H3,(H,17,18). The van der Waals surface area contributed by atoms with Gasteiger partial charge in [-0.25, -0.2) is 4.39 Å². The molecule has 118 valence electrons.